The first-order chi connectivity index (χ1) is 9.84. The van der Waals surface area contributed by atoms with Crippen LogP contribution in [0.15, 0.2) is 10.6 Å². The zero-order valence-electron chi connectivity index (χ0n) is 12.3. The predicted octanol–water partition coefficient (Wildman–Crippen LogP) is 2.21. The second kappa shape index (κ2) is 4.84. The lowest BCUT2D eigenvalue weighted by molar-refractivity contribution is 0.0732. The van der Waals surface area contributed by atoms with Gasteiger partial charge in [0.2, 0.25) is 0 Å². The Balaban J connectivity index is 1.81. The quantitative estimate of drug-likeness (QED) is 0.873. The van der Waals surface area contributed by atoms with Crippen LogP contribution in [0.2, 0.25) is 0 Å². The molecule has 3 heterocycles. The van der Waals surface area contributed by atoms with E-state index in [4.69, 9.17) is 10.2 Å². The molecule has 3 rings (SSSR count). The lowest BCUT2D eigenvalue weighted by Crippen LogP contribution is -2.35. The molecule has 7 heteroatoms. The van der Waals surface area contributed by atoms with Gasteiger partial charge in [-0.15, -0.1) is 0 Å². The Morgan fingerprint density at radius 3 is 2.86 bits per heavy atom. The van der Waals surface area contributed by atoms with Gasteiger partial charge in [-0.05, 0) is 0 Å². The molecule has 0 fully saturated rings. The van der Waals surface area contributed by atoms with Crippen LogP contribution in [-0.2, 0) is 18.4 Å². The highest BCUT2D eigenvalue weighted by Gasteiger charge is 2.30. The molecule has 2 aromatic heterocycles. The van der Waals surface area contributed by atoms with Crippen LogP contribution in [0.4, 0.5) is 5.13 Å². The van der Waals surface area contributed by atoms with Crippen molar-refractivity contribution in [2.75, 3.05) is 12.3 Å². The van der Waals surface area contributed by atoms with Crippen LogP contribution in [0, 0.1) is 0 Å². The molecule has 0 atom stereocenters. The molecule has 112 valence electrons. The number of carbonyl (C=O) groups excluding carboxylic acids is 1. The molecule has 0 bridgehead atoms. The second-order valence-corrected chi connectivity index (χ2v) is 7.24. The molecule has 0 saturated carbocycles. The van der Waals surface area contributed by atoms with Crippen molar-refractivity contribution in [3.63, 3.8) is 0 Å². The van der Waals surface area contributed by atoms with Gasteiger partial charge in [0.1, 0.15) is 16.3 Å². The third-order valence-electron chi connectivity index (χ3n) is 3.39. The monoisotopic (exact) mass is 306 g/mol. The van der Waals surface area contributed by atoms with Crippen molar-refractivity contribution in [1.29, 1.82) is 0 Å². The lowest BCUT2D eigenvalue weighted by atomic mass is 9.97. The van der Waals surface area contributed by atoms with E-state index in [-0.39, 0.29) is 11.3 Å². The van der Waals surface area contributed by atoms with Gasteiger partial charge < -0.3 is 15.1 Å². The van der Waals surface area contributed by atoms with Crippen LogP contribution < -0.4 is 5.73 Å². The van der Waals surface area contributed by atoms with E-state index in [1.807, 2.05) is 0 Å². The van der Waals surface area contributed by atoms with E-state index in [1.165, 1.54) is 17.5 Å². The molecule has 1 aliphatic rings. The van der Waals surface area contributed by atoms with Crippen LogP contribution in [0.5, 0.6) is 0 Å². The van der Waals surface area contributed by atoms with Gasteiger partial charge in [-0.2, -0.15) is 0 Å². The average molecular weight is 306 g/mol. The molecule has 0 radical (unpaired) electrons. The summed E-state index contributed by atoms with van der Waals surface area (Å²) in [5.74, 6) is 1.58. The summed E-state index contributed by atoms with van der Waals surface area (Å²) in [7, 11) is 0. The molecule has 0 saturated heterocycles. The first-order valence-corrected chi connectivity index (χ1v) is 7.66. The number of fused-ring (bicyclic) bond motifs is 1. The number of thiazole rings is 1. The molecule has 21 heavy (non-hydrogen) atoms. The smallest absolute Gasteiger partial charge is 0.266 e. The zero-order chi connectivity index (χ0) is 15.2. The number of nitrogen functional groups attached to an aromatic ring is 1. The van der Waals surface area contributed by atoms with E-state index in [0.717, 1.165) is 17.3 Å². The first-order valence-electron chi connectivity index (χ1n) is 6.84. The van der Waals surface area contributed by atoms with Gasteiger partial charge in [-0.3, -0.25) is 4.79 Å². The minimum Gasteiger partial charge on any atom is -0.445 e. The van der Waals surface area contributed by atoms with Gasteiger partial charge in [0.15, 0.2) is 11.0 Å². The summed E-state index contributed by atoms with van der Waals surface area (Å²) in [5, 5.41) is 0.410. The maximum Gasteiger partial charge on any atom is 0.266 e. The normalized spacial score (nSPS) is 15.1. The minimum atomic E-state index is -0.127. The summed E-state index contributed by atoms with van der Waals surface area (Å²) in [6.45, 7) is 7.29. The molecule has 6 nitrogen and oxygen atoms in total. The van der Waals surface area contributed by atoms with Gasteiger partial charge in [-0.1, -0.05) is 32.1 Å². The van der Waals surface area contributed by atoms with Crippen molar-refractivity contribution in [1.82, 2.24) is 14.9 Å². The zero-order valence-corrected chi connectivity index (χ0v) is 13.2. The first kappa shape index (κ1) is 14.1. The number of oxazole rings is 1. The topological polar surface area (TPSA) is 85.2 Å². The highest BCUT2D eigenvalue weighted by molar-refractivity contribution is 7.17. The Labute approximate surface area is 127 Å². The maximum atomic E-state index is 12.4. The number of anilines is 1. The van der Waals surface area contributed by atoms with E-state index >= 15 is 0 Å². The molecule has 0 aliphatic carbocycles. The molecule has 1 amide bonds. The van der Waals surface area contributed by atoms with Gasteiger partial charge in [0.25, 0.3) is 5.91 Å². The fourth-order valence-electron chi connectivity index (χ4n) is 2.24. The number of nitrogens with zero attached hydrogens (tertiary/aromatic N) is 3. The van der Waals surface area contributed by atoms with Crippen molar-refractivity contribution < 1.29 is 9.21 Å². The number of carbonyl (C=O) groups is 1. The number of hydrogen-bond donors (Lipinski definition) is 1. The Morgan fingerprint density at radius 1 is 1.48 bits per heavy atom. The van der Waals surface area contributed by atoms with E-state index in [9.17, 15) is 4.79 Å². The second-order valence-electron chi connectivity index (χ2n) is 6.18. The fourth-order valence-corrected chi connectivity index (χ4v) is 2.89. The maximum absolute atomic E-state index is 12.4. The van der Waals surface area contributed by atoms with Gasteiger partial charge in [-0.25, -0.2) is 9.97 Å². The van der Waals surface area contributed by atoms with E-state index in [2.05, 4.69) is 30.7 Å². The summed E-state index contributed by atoms with van der Waals surface area (Å²) in [4.78, 5) is 23.2. The Bertz CT molecular complexity index is 683. The molecule has 1 aliphatic heterocycles. The number of amides is 1. The Hall–Kier alpha value is -1.89. The molecular weight excluding hydrogens is 288 g/mol. The van der Waals surface area contributed by atoms with Crippen molar-refractivity contribution in [2.24, 2.45) is 0 Å². The average Bonchev–Trinajstić information content (AvgIpc) is 3.02. The minimum absolute atomic E-state index is 0.0461. The molecule has 0 unspecified atom stereocenters. The van der Waals surface area contributed by atoms with Gasteiger partial charge in [0, 0.05) is 18.4 Å². The van der Waals surface area contributed by atoms with Crippen molar-refractivity contribution in [3.05, 3.63) is 28.4 Å². The standard InChI is InChI=1S/C14H18N4O2S/c1-14(2,3)12-17-8-7-18(5-4-9(8)20-12)11(19)10-6-16-13(15)21-10/h6H,4-5,7H2,1-3H3,(H2,15,16). The summed E-state index contributed by atoms with van der Waals surface area (Å²) >= 11 is 1.21. The van der Waals surface area contributed by atoms with Crippen LogP contribution in [0.3, 0.4) is 0 Å². The molecule has 2 N–H and O–H groups in total. The van der Waals surface area contributed by atoms with Crippen molar-refractivity contribution >= 4 is 22.4 Å². The van der Waals surface area contributed by atoms with Gasteiger partial charge >= 0.3 is 0 Å². The number of nitrogens with two attached hydrogens (primary N) is 1. The fraction of sp³-hybridized carbons (Fsp3) is 0.500. The predicted molar refractivity (Wildman–Crippen MR) is 80.2 cm³/mol. The summed E-state index contributed by atoms with van der Waals surface area (Å²) < 4.78 is 5.83. The third-order valence-corrected chi connectivity index (χ3v) is 4.21. The highest BCUT2D eigenvalue weighted by atomic mass is 32.1. The number of rotatable bonds is 1. The van der Waals surface area contributed by atoms with Crippen LogP contribution >= 0.6 is 11.3 Å². The van der Waals surface area contributed by atoms with Gasteiger partial charge in [0.05, 0.1) is 12.7 Å². The summed E-state index contributed by atoms with van der Waals surface area (Å²) in [6.07, 6.45) is 2.22. The lowest BCUT2D eigenvalue weighted by Gasteiger charge is -2.24. The Kier molecular flexibility index (Phi) is 3.24. The molecule has 2 aromatic rings. The van der Waals surface area contributed by atoms with Crippen LogP contribution in [-0.4, -0.2) is 27.3 Å². The van der Waals surface area contributed by atoms with Crippen molar-refractivity contribution in [2.45, 2.75) is 39.2 Å². The summed E-state index contributed by atoms with van der Waals surface area (Å²) in [5.41, 5.74) is 6.31. The van der Waals surface area contributed by atoms with Crippen LogP contribution in [0.25, 0.3) is 0 Å². The molecular formula is C14H18N4O2S. The van der Waals surface area contributed by atoms with Crippen LogP contribution in [0.1, 0.15) is 47.8 Å². The van der Waals surface area contributed by atoms with E-state index in [0.29, 0.717) is 29.5 Å². The Morgan fingerprint density at radius 2 is 2.24 bits per heavy atom. The SMILES string of the molecule is CC(C)(C)c1nc2c(o1)CCN(C(=O)c1cnc(N)s1)C2. The molecule has 0 aromatic carbocycles. The highest BCUT2D eigenvalue weighted by Crippen LogP contribution is 2.28. The van der Waals surface area contributed by atoms with E-state index in [1.54, 1.807) is 4.90 Å². The number of aromatic nitrogens is 2. The molecule has 0 spiro atoms. The largest absolute Gasteiger partial charge is 0.445 e. The van der Waals surface area contributed by atoms with E-state index < -0.39 is 0 Å². The third kappa shape index (κ3) is 2.65. The van der Waals surface area contributed by atoms with Crippen molar-refractivity contribution in [3.8, 4) is 0 Å². The summed E-state index contributed by atoms with van der Waals surface area (Å²) in [6, 6.07) is 0. The number of hydrogen-bond acceptors (Lipinski definition) is 6.